The highest BCUT2D eigenvalue weighted by Gasteiger charge is 2.11. The molecule has 5 nitrogen and oxygen atoms in total. The second-order valence-electron chi connectivity index (χ2n) is 4.38. The fourth-order valence-electron chi connectivity index (χ4n) is 1.82. The predicted octanol–water partition coefficient (Wildman–Crippen LogP) is 1.72. The van der Waals surface area contributed by atoms with Gasteiger partial charge in [-0.1, -0.05) is 12.1 Å². The number of benzene rings is 1. The third-order valence-electron chi connectivity index (χ3n) is 2.92. The van der Waals surface area contributed by atoms with Gasteiger partial charge in [0, 0.05) is 25.5 Å². The zero-order chi connectivity index (χ0) is 13.7. The summed E-state index contributed by atoms with van der Waals surface area (Å²) >= 11 is 0. The fraction of sp³-hybridized carbons (Fsp3) is 0.286. The predicted molar refractivity (Wildman–Crippen MR) is 72.0 cm³/mol. The molecule has 1 aromatic heterocycles. The van der Waals surface area contributed by atoms with Crippen LogP contribution >= 0.6 is 0 Å². The number of amides is 1. The minimum Gasteiger partial charge on any atom is -0.507 e. The lowest BCUT2D eigenvalue weighted by Crippen LogP contribution is -2.25. The molecule has 1 aromatic carbocycles. The number of para-hydroxylation sites is 1. The minimum absolute atomic E-state index is 0.0506. The first-order valence-electron chi connectivity index (χ1n) is 6.21. The van der Waals surface area contributed by atoms with Gasteiger partial charge < -0.3 is 15.0 Å². The summed E-state index contributed by atoms with van der Waals surface area (Å²) in [4.78, 5) is 15.8. The van der Waals surface area contributed by atoms with E-state index in [0.29, 0.717) is 17.7 Å². The summed E-state index contributed by atoms with van der Waals surface area (Å²) in [6.45, 7) is 3.13. The van der Waals surface area contributed by atoms with Gasteiger partial charge in [-0.25, -0.2) is 4.98 Å². The summed E-state index contributed by atoms with van der Waals surface area (Å²) in [5, 5.41) is 12.6. The Balaban J connectivity index is 1.83. The van der Waals surface area contributed by atoms with Crippen molar-refractivity contribution in [3.8, 4) is 5.75 Å². The molecule has 19 heavy (non-hydrogen) atoms. The number of nitrogens with one attached hydrogen (secondary N) is 1. The van der Waals surface area contributed by atoms with E-state index in [1.807, 2.05) is 10.8 Å². The summed E-state index contributed by atoms with van der Waals surface area (Å²) in [6.07, 6.45) is 6.17. The lowest BCUT2D eigenvalue weighted by Gasteiger charge is -2.08. The molecule has 0 spiro atoms. The molecular weight excluding hydrogens is 242 g/mol. The van der Waals surface area contributed by atoms with Gasteiger partial charge in [-0.05, 0) is 25.0 Å². The number of phenolic OH excluding ortho intramolecular Hbond substituents is 1. The number of aromatic hydroxyl groups is 1. The van der Waals surface area contributed by atoms with Crippen molar-refractivity contribution < 1.29 is 9.90 Å². The van der Waals surface area contributed by atoms with Crippen molar-refractivity contribution in [2.45, 2.75) is 19.9 Å². The Labute approximate surface area is 111 Å². The summed E-state index contributed by atoms with van der Waals surface area (Å²) in [6, 6.07) is 5.15. The first kappa shape index (κ1) is 13.1. The van der Waals surface area contributed by atoms with E-state index >= 15 is 0 Å². The van der Waals surface area contributed by atoms with Crippen LogP contribution < -0.4 is 5.32 Å². The number of phenols is 1. The molecule has 1 amide bonds. The van der Waals surface area contributed by atoms with Gasteiger partial charge in [-0.3, -0.25) is 4.79 Å². The van der Waals surface area contributed by atoms with Crippen molar-refractivity contribution in [1.82, 2.24) is 14.9 Å². The van der Waals surface area contributed by atoms with Gasteiger partial charge in [0.1, 0.15) is 5.75 Å². The number of aryl methyl sites for hydroxylation is 2. The maximum absolute atomic E-state index is 11.9. The average molecular weight is 259 g/mol. The lowest BCUT2D eigenvalue weighted by atomic mass is 10.1. The Bertz CT molecular complexity index is 550. The van der Waals surface area contributed by atoms with Crippen LogP contribution in [0.3, 0.4) is 0 Å². The molecule has 0 aliphatic carbocycles. The number of hydrogen-bond acceptors (Lipinski definition) is 3. The molecule has 2 N–H and O–H groups in total. The summed E-state index contributed by atoms with van der Waals surface area (Å²) in [5.41, 5.74) is 1.02. The van der Waals surface area contributed by atoms with Crippen molar-refractivity contribution in [3.63, 3.8) is 0 Å². The van der Waals surface area contributed by atoms with Gasteiger partial charge in [0.05, 0.1) is 11.9 Å². The third kappa shape index (κ3) is 3.34. The highest BCUT2D eigenvalue weighted by Crippen LogP contribution is 2.20. The van der Waals surface area contributed by atoms with Crippen molar-refractivity contribution in [2.24, 2.45) is 0 Å². The van der Waals surface area contributed by atoms with Crippen LogP contribution in [0, 0.1) is 6.92 Å². The van der Waals surface area contributed by atoms with Crippen molar-refractivity contribution >= 4 is 5.91 Å². The number of aromatic nitrogens is 2. The van der Waals surface area contributed by atoms with Crippen LogP contribution in [0.1, 0.15) is 22.3 Å². The van der Waals surface area contributed by atoms with E-state index in [1.54, 1.807) is 37.6 Å². The Morgan fingerprint density at radius 2 is 2.32 bits per heavy atom. The van der Waals surface area contributed by atoms with Crippen molar-refractivity contribution in [3.05, 3.63) is 48.0 Å². The van der Waals surface area contributed by atoms with Gasteiger partial charge >= 0.3 is 0 Å². The van der Waals surface area contributed by atoms with Gasteiger partial charge in [-0.15, -0.1) is 0 Å². The van der Waals surface area contributed by atoms with Crippen LogP contribution in [0.4, 0.5) is 0 Å². The van der Waals surface area contributed by atoms with Gasteiger partial charge in [0.15, 0.2) is 0 Å². The Morgan fingerprint density at radius 3 is 3.05 bits per heavy atom. The average Bonchev–Trinajstić information content (AvgIpc) is 2.91. The summed E-state index contributed by atoms with van der Waals surface area (Å²) in [5.74, 6) is -0.193. The van der Waals surface area contributed by atoms with E-state index in [2.05, 4.69) is 10.3 Å². The van der Waals surface area contributed by atoms with E-state index in [-0.39, 0.29) is 11.7 Å². The standard InChI is InChI=1S/C14H17N3O2/c1-11-4-2-5-12(13(11)18)14(19)16-6-3-8-17-9-7-15-10-17/h2,4-5,7,9-10,18H,3,6,8H2,1H3,(H,16,19). The Hall–Kier alpha value is -2.30. The van der Waals surface area contributed by atoms with E-state index in [9.17, 15) is 9.90 Å². The smallest absolute Gasteiger partial charge is 0.255 e. The number of carbonyl (C=O) groups excluding carboxylic acids is 1. The largest absolute Gasteiger partial charge is 0.507 e. The lowest BCUT2D eigenvalue weighted by molar-refractivity contribution is 0.0950. The maximum Gasteiger partial charge on any atom is 0.255 e. The van der Waals surface area contributed by atoms with E-state index in [1.165, 1.54) is 0 Å². The second-order valence-corrected chi connectivity index (χ2v) is 4.38. The molecule has 2 aromatic rings. The monoisotopic (exact) mass is 259 g/mol. The molecule has 1 heterocycles. The number of hydrogen-bond donors (Lipinski definition) is 2. The molecule has 2 rings (SSSR count). The van der Waals surface area contributed by atoms with Crippen LogP contribution in [-0.4, -0.2) is 27.1 Å². The van der Waals surface area contributed by atoms with Gasteiger partial charge in [0.25, 0.3) is 5.91 Å². The first-order valence-corrected chi connectivity index (χ1v) is 6.21. The number of carbonyl (C=O) groups is 1. The molecule has 0 atom stereocenters. The quantitative estimate of drug-likeness (QED) is 0.803. The van der Waals surface area contributed by atoms with Crippen LogP contribution in [0.25, 0.3) is 0 Å². The van der Waals surface area contributed by atoms with Crippen molar-refractivity contribution in [1.29, 1.82) is 0 Å². The van der Waals surface area contributed by atoms with Crippen molar-refractivity contribution in [2.75, 3.05) is 6.54 Å². The topological polar surface area (TPSA) is 67.2 Å². The zero-order valence-corrected chi connectivity index (χ0v) is 10.8. The van der Waals surface area contributed by atoms with E-state index < -0.39 is 0 Å². The molecule has 0 fully saturated rings. The molecule has 100 valence electrons. The highest BCUT2D eigenvalue weighted by molar-refractivity contribution is 5.97. The molecule has 5 heteroatoms. The molecule has 0 saturated carbocycles. The molecule has 0 aliphatic rings. The molecular formula is C14H17N3O2. The molecule has 0 radical (unpaired) electrons. The van der Waals surface area contributed by atoms with Gasteiger partial charge in [-0.2, -0.15) is 0 Å². The highest BCUT2D eigenvalue weighted by atomic mass is 16.3. The molecule has 0 bridgehead atoms. The SMILES string of the molecule is Cc1cccc(C(=O)NCCCn2ccnc2)c1O. The molecule has 0 unspecified atom stereocenters. The van der Waals surface area contributed by atoms with Crippen LogP contribution in [-0.2, 0) is 6.54 Å². The number of imidazole rings is 1. The normalized spacial score (nSPS) is 10.4. The Kier molecular flexibility index (Phi) is 4.18. The summed E-state index contributed by atoms with van der Waals surface area (Å²) in [7, 11) is 0. The van der Waals surface area contributed by atoms with Crippen LogP contribution in [0.2, 0.25) is 0 Å². The van der Waals surface area contributed by atoms with E-state index in [4.69, 9.17) is 0 Å². The third-order valence-corrected chi connectivity index (χ3v) is 2.92. The zero-order valence-electron chi connectivity index (χ0n) is 10.8. The second kappa shape index (κ2) is 6.04. The summed E-state index contributed by atoms with van der Waals surface area (Å²) < 4.78 is 1.95. The van der Waals surface area contributed by atoms with Crippen LogP contribution in [0.15, 0.2) is 36.9 Å². The first-order chi connectivity index (χ1) is 9.18. The van der Waals surface area contributed by atoms with Gasteiger partial charge in [0.2, 0.25) is 0 Å². The molecule has 0 saturated heterocycles. The minimum atomic E-state index is -0.244. The fourth-order valence-corrected chi connectivity index (χ4v) is 1.82. The van der Waals surface area contributed by atoms with Crippen LogP contribution in [0.5, 0.6) is 5.75 Å². The van der Waals surface area contributed by atoms with E-state index in [0.717, 1.165) is 13.0 Å². The molecule has 0 aliphatic heterocycles. The Morgan fingerprint density at radius 1 is 1.47 bits per heavy atom. The number of rotatable bonds is 5. The maximum atomic E-state index is 11.9. The number of nitrogens with zero attached hydrogens (tertiary/aromatic N) is 2.